The maximum absolute atomic E-state index is 11.2. The topological polar surface area (TPSA) is 78.3 Å². The SMILES string of the molecule is CCOC(=O)C1C[C@@H](N)[C@@H](N)C1. The van der Waals surface area contributed by atoms with E-state index in [0.29, 0.717) is 19.4 Å². The summed E-state index contributed by atoms with van der Waals surface area (Å²) >= 11 is 0. The van der Waals surface area contributed by atoms with Gasteiger partial charge in [-0.2, -0.15) is 0 Å². The standard InChI is InChI=1S/C8H16N2O2/c1-2-12-8(11)5-3-6(9)7(10)4-5/h5-7H,2-4,9-10H2,1H3/t5?,6-,7+. The van der Waals surface area contributed by atoms with Crippen LogP contribution in [0.3, 0.4) is 0 Å². The fourth-order valence-corrected chi connectivity index (χ4v) is 1.56. The Morgan fingerprint density at radius 2 is 1.92 bits per heavy atom. The van der Waals surface area contributed by atoms with Crippen molar-refractivity contribution in [1.82, 2.24) is 0 Å². The zero-order valence-electron chi connectivity index (χ0n) is 7.32. The normalized spacial score (nSPS) is 35.1. The summed E-state index contributed by atoms with van der Waals surface area (Å²) in [6, 6.07) is -0.0844. The molecule has 0 radical (unpaired) electrons. The highest BCUT2D eigenvalue weighted by Crippen LogP contribution is 2.24. The van der Waals surface area contributed by atoms with E-state index in [1.54, 1.807) is 6.92 Å². The second-order valence-electron chi connectivity index (χ2n) is 3.25. The Hall–Kier alpha value is -0.610. The third-order valence-corrected chi connectivity index (χ3v) is 2.28. The van der Waals surface area contributed by atoms with Crippen LogP contribution in [0.4, 0.5) is 0 Å². The van der Waals surface area contributed by atoms with Gasteiger partial charge in [-0.1, -0.05) is 0 Å². The number of carbonyl (C=O) groups excluding carboxylic acids is 1. The highest BCUT2D eigenvalue weighted by atomic mass is 16.5. The third kappa shape index (κ3) is 1.95. The van der Waals surface area contributed by atoms with Crippen LogP contribution in [0.25, 0.3) is 0 Å². The quantitative estimate of drug-likeness (QED) is 0.556. The lowest BCUT2D eigenvalue weighted by molar-refractivity contribution is -0.147. The minimum absolute atomic E-state index is 0.0422. The Morgan fingerprint density at radius 3 is 2.33 bits per heavy atom. The van der Waals surface area contributed by atoms with Crippen LogP contribution in [0.1, 0.15) is 19.8 Å². The highest BCUT2D eigenvalue weighted by Gasteiger charge is 2.34. The minimum atomic E-state index is -0.152. The largest absolute Gasteiger partial charge is 0.466 e. The number of ether oxygens (including phenoxy) is 1. The lowest BCUT2D eigenvalue weighted by Crippen LogP contribution is -2.35. The molecule has 4 N–H and O–H groups in total. The molecule has 0 aromatic carbocycles. The lowest BCUT2D eigenvalue weighted by atomic mass is 10.1. The number of hydrogen-bond donors (Lipinski definition) is 2. The van der Waals surface area contributed by atoms with E-state index in [2.05, 4.69) is 0 Å². The molecule has 0 spiro atoms. The Labute approximate surface area is 72.2 Å². The summed E-state index contributed by atoms with van der Waals surface area (Å²) in [7, 11) is 0. The minimum Gasteiger partial charge on any atom is -0.466 e. The van der Waals surface area contributed by atoms with Gasteiger partial charge in [-0.05, 0) is 19.8 Å². The average Bonchev–Trinajstić information content (AvgIpc) is 2.33. The smallest absolute Gasteiger partial charge is 0.309 e. The maximum Gasteiger partial charge on any atom is 0.309 e. The van der Waals surface area contributed by atoms with E-state index in [4.69, 9.17) is 16.2 Å². The Balaban J connectivity index is 2.40. The molecular weight excluding hydrogens is 156 g/mol. The van der Waals surface area contributed by atoms with Crippen LogP contribution in [-0.4, -0.2) is 24.7 Å². The van der Waals surface area contributed by atoms with Gasteiger partial charge in [-0.3, -0.25) is 4.79 Å². The first-order valence-electron chi connectivity index (χ1n) is 4.33. The molecule has 0 aromatic heterocycles. The van der Waals surface area contributed by atoms with Gasteiger partial charge in [-0.25, -0.2) is 0 Å². The molecule has 4 nitrogen and oxygen atoms in total. The second kappa shape index (κ2) is 3.87. The highest BCUT2D eigenvalue weighted by molar-refractivity contribution is 5.73. The van der Waals surface area contributed by atoms with Crippen LogP contribution in [0.2, 0.25) is 0 Å². The number of rotatable bonds is 2. The first kappa shape index (κ1) is 9.48. The fraction of sp³-hybridized carbons (Fsp3) is 0.875. The van der Waals surface area contributed by atoms with Crippen LogP contribution in [0.5, 0.6) is 0 Å². The van der Waals surface area contributed by atoms with Crippen molar-refractivity contribution in [2.75, 3.05) is 6.61 Å². The lowest BCUT2D eigenvalue weighted by Gasteiger charge is -2.07. The van der Waals surface area contributed by atoms with E-state index >= 15 is 0 Å². The molecule has 1 saturated carbocycles. The number of hydrogen-bond acceptors (Lipinski definition) is 4. The van der Waals surface area contributed by atoms with E-state index in [0.717, 1.165) is 0 Å². The molecular formula is C8H16N2O2. The van der Waals surface area contributed by atoms with Gasteiger partial charge in [0.2, 0.25) is 0 Å². The van der Waals surface area contributed by atoms with E-state index in [1.165, 1.54) is 0 Å². The first-order chi connectivity index (χ1) is 5.65. The second-order valence-corrected chi connectivity index (χ2v) is 3.25. The molecule has 0 aliphatic heterocycles. The summed E-state index contributed by atoms with van der Waals surface area (Å²) in [5.41, 5.74) is 11.3. The van der Waals surface area contributed by atoms with Crippen molar-refractivity contribution in [2.45, 2.75) is 31.8 Å². The first-order valence-corrected chi connectivity index (χ1v) is 4.33. The molecule has 0 heterocycles. The Kier molecular flexibility index (Phi) is 3.05. The van der Waals surface area contributed by atoms with Crippen LogP contribution in [-0.2, 0) is 9.53 Å². The predicted octanol–water partition coefficient (Wildman–Crippen LogP) is -0.386. The third-order valence-electron chi connectivity index (χ3n) is 2.28. The Morgan fingerprint density at radius 1 is 1.42 bits per heavy atom. The van der Waals surface area contributed by atoms with Crippen molar-refractivity contribution >= 4 is 5.97 Å². The van der Waals surface area contributed by atoms with Gasteiger partial charge in [-0.15, -0.1) is 0 Å². The molecule has 12 heavy (non-hydrogen) atoms. The predicted molar refractivity (Wildman–Crippen MR) is 45.3 cm³/mol. The van der Waals surface area contributed by atoms with Crippen molar-refractivity contribution in [3.05, 3.63) is 0 Å². The van der Waals surface area contributed by atoms with Gasteiger partial charge in [0.05, 0.1) is 12.5 Å². The fourth-order valence-electron chi connectivity index (χ4n) is 1.56. The molecule has 1 fully saturated rings. The van der Waals surface area contributed by atoms with Crippen molar-refractivity contribution in [1.29, 1.82) is 0 Å². The van der Waals surface area contributed by atoms with Crippen LogP contribution in [0, 0.1) is 5.92 Å². The molecule has 0 amide bonds. The van der Waals surface area contributed by atoms with Crippen LogP contribution < -0.4 is 11.5 Å². The average molecular weight is 172 g/mol. The van der Waals surface area contributed by atoms with E-state index < -0.39 is 0 Å². The van der Waals surface area contributed by atoms with Crippen molar-refractivity contribution in [3.8, 4) is 0 Å². The number of carbonyl (C=O) groups is 1. The van der Waals surface area contributed by atoms with Gasteiger partial charge >= 0.3 is 5.97 Å². The molecule has 0 saturated heterocycles. The molecule has 70 valence electrons. The van der Waals surface area contributed by atoms with Gasteiger partial charge in [0.15, 0.2) is 0 Å². The van der Waals surface area contributed by atoms with Crippen molar-refractivity contribution < 1.29 is 9.53 Å². The zero-order valence-corrected chi connectivity index (χ0v) is 7.32. The monoisotopic (exact) mass is 172 g/mol. The Bertz CT molecular complexity index is 162. The zero-order chi connectivity index (χ0) is 9.14. The summed E-state index contributed by atoms with van der Waals surface area (Å²) in [6.07, 6.45) is 1.33. The molecule has 1 unspecified atom stereocenters. The van der Waals surface area contributed by atoms with Gasteiger partial charge in [0.1, 0.15) is 0 Å². The van der Waals surface area contributed by atoms with Gasteiger partial charge in [0, 0.05) is 12.1 Å². The number of esters is 1. The van der Waals surface area contributed by atoms with E-state index in [9.17, 15) is 4.79 Å². The number of nitrogens with two attached hydrogens (primary N) is 2. The molecule has 1 aliphatic rings. The van der Waals surface area contributed by atoms with E-state index in [-0.39, 0.29) is 24.0 Å². The molecule has 1 rings (SSSR count). The molecule has 1 aliphatic carbocycles. The summed E-state index contributed by atoms with van der Waals surface area (Å²) in [6.45, 7) is 2.23. The summed E-state index contributed by atoms with van der Waals surface area (Å²) < 4.78 is 4.87. The van der Waals surface area contributed by atoms with Gasteiger partial charge in [0.25, 0.3) is 0 Å². The van der Waals surface area contributed by atoms with Crippen molar-refractivity contribution in [3.63, 3.8) is 0 Å². The van der Waals surface area contributed by atoms with Crippen LogP contribution >= 0.6 is 0 Å². The molecule has 0 bridgehead atoms. The summed E-state index contributed by atoms with van der Waals surface area (Å²) in [4.78, 5) is 11.2. The summed E-state index contributed by atoms with van der Waals surface area (Å²) in [5, 5.41) is 0. The summed E-state index contributed by atoms with van der Waals surface area (Å²) in [5.74, 6) is -0.226. The van der Waals surface area contributed by atoms with Crippen LogP contribution in [0.15, 0.2) is 0 Å². The van der Waals surface area contributed by atoms with E-state index in [1.807, 2.05) is 0 Å². The molecule has 3 atom stereocenters. The van der Waals surface area contributed by atoms with Gasteiger partial charge < -0.3 is 16.2 Å². The van der Waals surface area contributed by atoms with Crippen molar-refractivity contribution in [2.24, 2.45) is 17.4 Å². The molecule has 0 aromatic rings. The molecule has 4 heteroatoms. The maximum atomic E-state index is 11.2.